The van der Waals surface area contributed by atoms with Gasteiger partial charge < -0.3 is 5.32 Å². The minimum Gasteiger partial charge on any atom is -0.384 e. The summed E-state index contributed by atoms with van der Waals surface area (Å²) in [5.74, 6) is 0.694. The molecular formula is C15H23NS. The Labute approximate surface area is 109 Å². The van der Waals surface area contributed by atoms with Crippen molar-refractivity contribution < 1.29 is 0 Å². The molecular weight excluding hydrogens is 226 g/mol. The van der Waals surface area contributed by atoms with Gasteiger partial charge in [-0.2, -0.15) is 0 Å². The second-order valence-electron chi connectivity index (χ2n) is 5.30. The van der Waals surface area contributed by atoms with Crippen LogP contribution in [0.25, 0.3) is 0 Å². The highest BCUT2D eigenvalue weighted by molar-refractivity contribution is 8.00. The monoisotopic (exact) mass is 249 g/mol. The number of rotatable bonds is 5. The molecule has 1 nitrogen and oxygen atoms in total. The van der Waals surface area contributed by atoms with Gasteiger partial charge in [-0.1, -0.05) is 38.8 Å². The van der Waals surface area contributed by atoms with Crippen LogP contribution in [0, 0.1) is 5.92 Å². The van der Waals surface area contributed by atoms with Gasteiger partial charge in [0.25, 0.3) is 0 Å². The lowest BCUT2D eigenvalue weighted by Crippen LogP contribution is -2.09. The molecule has 1 N–H and O–H groups in total. The lowest BCUT2D eigenvalue weighted by atomic mass is 10.2. The molecule has 1 aliphatic rings. The number of para-hydroxylation sites is 1. The van der Waals surface area contributed by atoms with E-state index < -0.39 is 0 Å². The van der Waals surface area contributed by atoms with Crippen molar-refractivity contribution in [1.29, 1.82) is 0 Å². The van der Waals surface area contributed by atoms with E-state index in [9.17, 15) is 0 Å². The SMILES string of the molecule is CC(C)CNc1ccccc1SC1CCCC1. The third-order valence-electron chi connectivity index (χ3n) is 3.18. The van der Waals surface area contributed by atoms with Crippen LogP contribution in [-0.2, 0) is 0 Å². The van der Waals surface area contributed by atoms with E-state index >= 15 is 0 Å². The molecule has 1 saturated carbocycles. The van der Waals surface area contributed by atoms with Crippen LogP contribution < -0.4 is 5.32 Å². The van der Waals surface area contributed by atoms with Gasteiger partial charge in [-0.25, -0.2) is 0 Å². The van der Waals surface area contributed by atoms with E-state index in [4.69, 9.17) is 0 Å². The molecule has 0 heterocycles. The van der Waals surface area contributed by atoms with Crippen molar-refractivity contribution in [3.63, 3.8) is 0 Å². The maximum absolute atomic E-state index is 3.57. The van der Waals surface area contributed by atoms with Crippen molar-refractivity contribution in [2.75, 3.05) is 11.9 Å². The zero-order valence-electron chi connectivity index (χ0n) is 10.9. The number of hydrogen-bond donors (Lipinski definition) is 1. The molecule has 0 unspecified atom stereocenters. The number of thioether (sulfide) groups is 1. The first-order chi connectivity index (χ1) is 8.25. The summed E-state index contributed by atoms with van der Waals surface area (Å²) in [7, 11) is 0. The molecule has 0 saturated heterocycles. The van der Waals surface area contributed by atoms with Crippen LogP contribution in [0.2, 0.25) is 0 Å². The summed E-state index contributed by atoms with van der Waals surface area (Å²) in [5.41, 5.74) is 1.32. The average molecular weight is 249 g/mol. The molecule has 0 aromatic heterocycles. The van der Waals surface area contributed by atoms with Crippen molar-refractivity contribution in [3.8, 4) is 0 Å². The Balaban J connectivity index is 1.99. The Hall–Kier alpha value is -0.630. The van der Waals surface area contributed by atoms with Gasteiger partial charge >= 0.3 is 0 Å². The van der Waals surface area contributed by atoms with Crippen LogP contribution in [0.5, 0.6) is 0 Å². The van der Waals surface area contributed by atoms with Gasteiger partial charge in [0.1, 0.15) is 0 Å². The highest BCUT2D eigenvalue weighted by Gasteiger charge is 2.17. The molecule has 0 aliphatic heterocycles. The van der Waals surface area contributed by atoms with Crippen molar-refractivity contribution in [1.82, 2.24) is 0 Å². The predicted molar refractivity (Wildman–Crippen MR) is 77.9 cm³/mol. The molecule has 17 heavy (non-hydrogen) atoms. The summed E-state index contributed by atoms with van der Waals surface area (Å²) in [6.45, 7) is 5.56. The second kappa shape index (κ2) is 6.34. The van der Waals surface area contributed by atoms with E-state index in [1.807, 2.05) is 0 Å². The van der Waals surface area contributed by atoms with Gasteiger partial charge in [0.15, 0.2) is 0 Å². The Morgan fingerprint density at radius 3 is 2.65 bits per heavy atom. The molecule has 0 radical (unpaired) electrons. The fraction of sp³-hybridized carbons (Fsp3) is 0.600. The van der Waals surface area contributed by atoms with Gasteiger partial charge in [-0.3, -0.25) is 0 Å². The van der Waals surface area contributed by atoms with Crippen LogP contribution >= 0.6 is 11.8 Å². The molecule has 2 heteroatoms. The standard InChI is InChI=1S/C15H23NS/c1-12(2)11-16-14-9-5-6-10-15(14)17-13-7-3-4-8-13/h5-6,9-10,12-13,16H,3-4,7-8,11H2,1-2H3. The van der Waals surface area contributed by atoms with Crippen LogP contribution in [0.4, 0.5) is 5.69 Å². The minimum absolute atomic E-state index is 0.694. The quantitative estimate of drug-likeness (QED) is 0.805. The molecule has 0 spiro atoms. The van der Waals surface area contributed by atoms with Crippen LogP contribution in [0.15, 0.2) is 29.2 Å². The molecule has 0 atom stereocenters. The molecule has 94 valence electrons. The van der Waals surface area contributed by atoms with Crippen LogP contribution in [0.1, 0.15) is 39.5 Å². The molecule has 0 bridgehead atoms. The molecule has 1 aromatic rings. The maximum Gasteiger partial charge on any atom is 0.0478 e. The van der Waals surface area contributed by atoms with E-state index in [2.05, 4.69) is 55.2 Å². The van der Waals surface area contributed by atoms with E-state index in [1.54, 1.807) is 0 Å². The smallest absolute Gasteiger partial charge is 0.0478 e. The van der Waals surface area contributed by atoms with Crippen molar-refractivity contribution in [2.45, 2.75) is 49.7 Å². The van der Waals surface area contributed by atoms with Crippen LogP contribution in [-0.4, -0.2) is 11.8 Å². The molecule has 0 amide bonds. The van der Waals surface area contributed by atoms with E-state index in [1.165, 1.54) is 36.3 Å². The summed E-state index contributed by atoms with van der Waals surface area (Å²) in [5, 5.41) is 4.41. The Kier molecular flexibility index (Phi) is 4.78. The van der Waals surface area contributed by atoms with Crippen LogP contribution in [0.3, 0.4) is 0 Å². The van der Waals surface area contributed by atoms with Gasteiger partial charge in [0, 0.05) is 22.4 Å². The van der Waals surface area contributed by atoms with E-state index in [0.717, 1.165) is 11.8 Å². The molecule has 2 rings (SSSR count). The van der Waals surface area contributed by atoms with E-state index in [-0.39, 0.29) is 0 Å². The number of nitrogens with one attached hydrogen (secondary N) is 1. The third-order valence-corrected chi connectivity index (χ3v) is 4.60. The number of hydrogen-bond acceptors (Lipinski definition) is 2. The van der Waals surface area contributed by atoms with Gasteiger partial charge in [-0.15, -0.1) is 11.8 Å². The first-order valence-electron chi connectivity index (χ1n) is 6.75. The largest absolute Gasteiger partial charge is 0.384 e. The van der Waals surface area contributed by atoms with Crippen molar-refractivity contribution in [3.05, 3.63) is 24.3 Å². The Morgan fingerprint density at radius 2 is 1.94 bits per heavy atom. The second-order valence-corrected chi connectivity index (χ2v) is 6.64. The van der Waals surface area contributed by atoms with Gasteiger partial charge in [0.05, 0.1) is 0 Å². The van der Waals surface area contributed by atoms with Crippen molar-refractivity contribution in [2.24, 2.45) is 5.92 Å². The minimum atomic E-state index is 0.694. The zero-order chi connectivity index (χ0) is 12.1. The lowest BCUT2D eigenvalue weighted by Gasteiger charge is -2.15. The first-order valence-corrected chi connectivity index (χ1v) is 7.63. The molecule has 1 aliphatic carbocycles. The number of benzene rings is 1. The summed E-state index contributed by atoms with van der Waals surface area (Å²) < 4.78 is 0. The van der Waals surface area contributed by atoms with Gasteiger partial charge in [0.2, 0.25) is 0 Å². The zero-order valence-corrected chi connectivity index (χ0v) is 11.7. The van der Waals surface area contributed by atoms with Gasteiger partial charge in [-0.05, 0) is 30.9 Å². The molecule has 1 aromatic carbocycles. The molecule has 1 fully saturated rings. The normalized spacial score (nSPS) is 16.6. The fourth-order valence-electron chi connectivity index (χ4n) is 2.22. The van der Waals surface area contributed by atoms with Crippen molar-refractivity contribution >= 4 is 17.4 Å². The summed E-state index contributed by atoms with van der Waals surface area (Å²) in [4.78, 5) is 1.43. The third kappa shape index (κ3) is 3.95. The Bertz CT molecular complexity index is 343. The maximum atomic E-state index is 3.57. The average Bonchev–Trinajstić information content (AvgIpc) is 2.80. The topological polar surface area (TPSA) is 12.0 Å². The number of anilines is 1. The fourth-order valence-corrected chi connectivity index (χ4v) is 3.57. The summed E-state index contributed by atoms with van der Waals surface area (Å²) >= 11 is 2.07. The summed E-state index contributed by atoms with van der Waals surface area (Å²) in [6, 6.07) is 8.74. The Morgan fingerprint density at radius 1 is 1.24 bits per heavy atom. The predicted octanol–water partition coefficient (Wildman–Crippen LogP) is 4.79. The highest BCUT2D eigenvalue weighted by Crippen LogP contribution is 2.37. The van der Waals surface area contributed by atoms with E-state index in [0.29, 0.717) is 5.92 Å². The summed E-state index contributed by atoms with van der Waals surface area (Å²) in [6.07, 6.45) is 5.62. The lowest BCUT2D eigenvalue weighted by molar-refractivity contribution is 0.688. The highest BCUT2D eigenvalue weighted by atomic mass is 32.2. The first kappa shape index (κ1) is 12.8.